The molecule has 0 saturated heterocycles. The summed E-state index contributed by atoms with van der Waals surface area (Å²) >= 11 is 2.93. The fourth-order valence-electron chi connectivity index (χ4n) is 2.05. The number of hydrogen-bond donors (Lipinski definition) is 1. The van der Waals surface area contributed by atoms with Crippen LogP contribution in [0.1, 0.15) is 19.4 Å². The Labute approximate surface area is 129 Å². The van der Waals surface area contributed by atoms with Crippen molar-refractivity contribution in [1.82, 2.24) is 0 Å². The zero-order valence-corrected chi connectivity index (χ0v) is 13.4. The molecular formula is C14H17BrF4O2. The van der Waals surface area contributed by atoms with Crippen LogP contribution in [0.5, 0.6) is 5.75 Å². The molecule has 0 radical (unpaired) electrons. The lowest BCUT2D eigenvalue weighted by molar-refractivity contribution is -0.0207. The third kappa shape index (κ3) is 3.51. The van der Waals surface area contributed by atoms with E-state index in [2.05, 4.69) is 15.9 Å². The average molecular weight is 373 g/mol. The van der Waals surface area contributed by atoms with Gasteiger partial charge in [0, 0.05) is 11.6 Å². The third-order valence-electron chi connectivity index (χ3n) is 3.51. The number of ether oxygens (including phenoxy) is 1. The lowest BCUT2D eigenvalue weighted by atomic mass is 9.76. The van der Waals surface area contributed by atoms with E-state index >= 15 is 0 Å². The molecule has 0 amide bonds. The van der Waals surface area contributed by atoms with Gasteiger partial charge >= 0.3 is 0 Å². The number of hydrogen-bond acceptors (Lipinski definition) is 2. The molecule has 0 aliphatic heterocycles. The summed E-state index contributed by atoms with van der Waals surface area (Å²) in [5, 5.41) is 9.57. The minimum atomic E-state index is -2.23. The molecule has 0 fully saturated rings. The second-order valence-corrected chi connectivity index (χ2v) is 5.94. The van der Waals surface area contributed by atoms with Crippen molar-refractivity contribution in [3.8, 4) is 5.75 Å². The average Bonchev–Trinajstić information content (AvgIpc) is 2.46. The molecule has 0 aliphatic rings. The number of rotatable bonds is 6. The van der Waals surface area contributed by atoms with Gasteiger partial charge in [0.25, 0.3) is 0 Å². The monoisotopic (exact) mass is 372 g/mol. The highest BCUT2D eigenvalue weighted by Crippen LogP contribution is 2.40. The summed E-state index contributed by atoms with van der Waals surface area (Å²) in [6, 6.07) is 2.15. The predicted molar refractivity (Wildman–Crippen MR) is 75.5 cm³/mol. The van der Waals surface area contributed by atoms with Crippen molar-refractivity contribution >= 4 is 15.9 Å². The molecule has 0 heterocycles. The fourth-order valence-corrected chi connectivity index (χ4v) is 2.39. The maximum atomic E-state index is 14.4. The number of halogens is 5. The third-order valence-corrected chi connectivity index (χ3v) is 4.12. The topological polar surface area (TPSA) is 29.5 Å². The first-order valence-corrected chi connectivity index (χ1v) is 7.04. The Morgan fingerprint density at radius 2 is 1.95 bits per heavy atom. The highest BCUT2D eigenvalue weighted by molar-refractivity contribution is 9.10. The van der Waals surface area contributed by atoms with Crippen molar-refractivity contribution in [3.05, 3.63) is 28.0 Å². The second-order valence-electron chi connectivity index (χ2n) is 5.09. The fraction of sp³-hybridized carbons (Fsp3) is 0.571. The number of aliphatic hydroxyl groups is 1. The van der Waals surface area contributed by atoms with E-state index in [1.54, 1.807) is 0 Å². The van der Waals surface area contributed by atoms with Gasteiger partial charge in [-0.15, -0.1) is 0 Å². The Balaban J connectivity index is 3.40. The van der Waals surface area contributed by atoms with Crippen LogP contribution in [0.15, 0.2) is 16.6 Å². The van der Waals surface area contributed by atoms with Crippen LogP contribution in [0.25, 0.3) is 0 Å². The molecule has 7 heteroatoms. The van der Waals surface area contributed by atoms with Gasteiger partial charge in [0.05, 0.1) is 17.0 Å². The molecule has 0 aromatic heterocycles. The number of methoxy groups -OCH3 is 1. The number of alkyl halides is 3. The maximum Gasteiger partial charge on any atom is 0.141 e. The summed E-state index contributed by atoms with van der Waals surface area (Å²) < 4.78 is 59.5. The Morgan fingerprint density at radius 1 is 1.38 bits per heavy atom. The van der Waals surface area contributed by atoms with Gasteiger partial charge < -0.3 is 9.84 Å². The van der Waals surface area contributed by atoms with Gasteiger partial charge in [0.15, 0.2) is 0 Å². The molecule has 4 atom stereocenters. The molecule has 1 rings (SSSR count). The van der Waals surface area contributed by atoms with Crippen LogP contribution in [-0.4, -0.2) is 37.3 Å². The van der Waals surface area contributed by atoms with Crippen molar-refractivity contribution in [3.63, 3.8) is 0 Å². The molecular weight excluding hydrogens is 356 g/mol. The largest absolute Gasteiger partial charge is 0.496 e. The molecule has 1 N–H and O–H groups in total. The summed E-state index contributed by atoms with van der Waals surface area (Å²) in [7, 11) is 1.23. The van der Waals surface area contributed by atoms with Gasteiger partial charge in [0.1, 0.15) is 36.7 Å². The Bertz CT molecular complexity index is 498. The zero-order chi connectivity index (χ0) is 16.4. The van der Waals surface area contributed by atoms with Crippen LogP contribution in [0.4, 0.5) is 17.6 Å². The van der Waals surface area contributed by atoms with Crippen LogP contribution >= 0.6 is 15.9 Å². The van der Waals surface area contributed by atoms with E-state index in [4.69, 9.17) is 4.74 Å². The van der Waals surface area contributed by atoms with E-state index in [0.29, 0.717) is 0 Å². The maximum absolute atomic E-state index is 14.4. The summed E-state index contributed by atoms with van der Waals surface area (Å²) in [4.78, 5) is 0. The first-order valence-electron chi connectivity index (χ1n) is 6.24. The van der Waals surface area contributed by atoms with Crippen molar-refractivity contribution in [2.45, 2.75) is 37.7 Å². The SMILES string of the molecule is COc1cc(F)c(Br)cc1C(C)(CF)C(F)C(O)C(C)F. The van der Waals surface area contributed by atoms with Crippen LogP contribution in [-0.2, 0) is 5.41 Å². The first kappa shape index (κ1) is 18.2. The molecule has 120 valence electrons. The highest BCUT2D eigenvalue weighted by atomic mass is 79.9. The van der Waals surface area contributed by atoms with Gasteiger partial charge in [0.2, 0.25) is 0 Å². The second kappa shape index (κ2) is 6.96. The van der Waals surface area contributed by atoms with Crippen molar-refractivity contribution in [2.75, 3.05) is 13.8 Å². The molecule has 21 heavy (non-hydrogen) atoms. The molecule has 1 aromatic carbocycles. The van der Waals surface area contributed by atoms with Crippen molar-refractivity contribution < 1.29 is 27.4 Å². The van der Waals surface area contributed by atoms with E-state index in [0.717, 1.165) is 13.0 Å². The lowest BCUT2D eigenvalue weighted by Crippen LogP contribution is -2.46. The molecule has 0 saturated carbocycles. The van der Waals surface area contributed by atoms with E-state index < -0.39 is 36.4 Å². The zero-order valence-electron chi connectivity index (χ0n) is 11.8. The minimum absolute atomic E-state index is 0.00652. The predicted octanol–water partition coefficient (Wildman–Crippen LogP) is 3.88. The highest BCUT2D eigenvalue weighted by Gasteiger charge is 2.45. The molecule has 0 bridgehead atoms. The first-order chi connectivity index (χ1) is 9.68. The molecule has 0 spiro atoms. The van der Waals surface area contributed by atoms with Gasteiger partial charge in [-0.05, 0) is 35.8 Å². The summed E-state index contributed by atoms with van der Waals surface area (Å²) in [5.41, 5.74) is -1.87. The van der Waals surface area contributed by atoms with Crippen molar-refractivity contribution in [2.24, 2.45) is 0 Å². The number of aliphatic hydroxyl groups excluding tert-OH is 1. The van der Waals surface area contributed by atoms with Gasteiger partial charge in [-0.1, -0.05) is 0 Å². The Hall–Kier alpha value is -0.820. The Morgan fingerprint density at radius 3 is 2.38 bits per heavy atom. The van der Waals surface area contributed by atoms with Crippen LogP contribution < -0.4 is 4.74 Å². The van der Waals surface area contributed by atoms with Crippen LogP contribution in [0.3, 0.4) is 0 Å². The van der Waals surface area contributed by atoms with Gasteiger partial charge in [-0.3, -0.25) is 4.39 Å². The molecule has 1 aromatic rings. The van der Waals surface area contributed by atoms with Crippen molar-refractivity contribution in [1.29, 1.82) is 0 Å². The lowest BCUT2D eigenvalue weighted by Gasteiger charge is -2.35. The molecule has 0 aliphatic carbocycles. The molecule has 4 unspecified atom stereocenters. The Kier molecular flexibility index (Phi) is 6.04. The minimum Gasteiger partial charge on any atom is -0.496 e. The molecule has 2 nitrogen and oxygen atoms in total. The summed E-state index contributed by atoms with van der Waals surface area (Å²) in [6.07, 6.45) is -6.10. The van der Waals surface area contributed by atoms with E-state index in [1.807, 2.05) is 0 Å². The van der Waals surface area contributed by atoms with Gasteiger partial charge in [-0.2, -0.15) is 0 Å². The summed E-state index contributed by atoms with van der Waals surface area (Å²) in [5.74, 6) is -0.733. The number of benzene rings is 1. The normalized spacial score (nSPS) is 18.7. The van der Waals surface area contributed by atoms with E-state index in [9.17, 15) is 22.7 Å². The van der Waals surface area contributed by atoms with Gasteiger partial charge in [-0.25, -0.2) is 13.2 Å². The van der Waals surface area contributed by atoms with E-state index in [-0.39, 0.29) is 15.8 Å². The quantitative estimate of drug-likeness (QED) is 0.767. The van der Waals surface area contributed by atoms with E-state index in [1.165, 1.54) is 20.1 Å². The van der Waals surface area contributed by atoms with Crippen LogP contribution in [0.2, 0.25) is 0 Å². The summed E-state index contributed by atoms with van der Waals surface area (Å²) in [6.45, 7) is 0.950. The standard InChI is InChI=1S/C14H17BrF4O2/c1-7(17)12(20)13(19)14(2,6-16)8-4-9(15)10(18)5-11(8)21-3/h4-5,7,12-13,20H,6H2,1-3H3. The van der Waals surface area contributed by atoms with Crippen LogP contribution in [0, 0.1) is 5.82 Å². The smallest absolute Gasteiger partial charge is 0.141 e.